The molecule has 0 saturated heterocycles. The largest absolute Gasteiger partial charge is 0.481 e. The zero-order valence-electron chi connectivity index (χ0n) is 14.6. The molecule has 7 nitrogen and oxygen atoms in total. The summed E-state index contributed by atoms with van der Waals surface area (Å²) in [6, 6.07) is 6.72. The molecule has 1 rings (SSSR count). The van der Waals surface area contributed by atoms with Gasteiger partial charge in [-0.05, 0) is 45.0 Å². The first-order valence-corrected chi connectivity index (χ1v) is 8.81. The Morgan fingerprint density at radius 1 is 1.12 bits per heavy atom. The van der Waals surface area contributed by atoms with Gasteiger partial charge in [0.25, 0.3) is 5.91 Å². The number of aliphatic carboxylic acids is 1. The number of hydrogen-bond acceptors (Lipinski definition) is 6. The van der Waals surface area contributed by atoms with Crippen molar-refractivity contribution < 1.29 is 24.2 Å². The number of rotatable bonds is 9. The third-order valence-corrected chi connectivity index (χ3v) is 3.75. The van der Waals surface area contributed by atoms with Crippen molar-refractivity contribution in [2.45, 2.75) is 31.3 Å². The van der Waals surface area contributed by atoms with E-state index in [9.17, 15) is 14.4 Å². The lowest BCUT2D eigenvalue weighted by Gasteiger charge is -2.19. The van der Waals surface area contributed by atoms with Gasteiger partial charge in [0.15, 0.2) is 0 Å². The van der Waals surface area contributed by atoms with Crippen molar-refractivity contribution in [3.05, 3.63) is 29.8 Å². The molecule has 0 fully saturated rings. The van der Waals surface area contributed by atoms with Gasteiger partial charge in [0.2, 0.25) is 0 Å². The number of benzene rings is 1. The van der Waals surface area contributed by atoms with E-state index in [-0.39, 0.29) is 24.2 Å². The molecule has 0 bridgehead atoms. The Morgan fingerprint density at radius 2 is 1.76 bits per heavy atom. The normalized spacial score (nSPS) is 11.0. The van der Waals surface area contributed by atoms with Gasteiger partial charge in [0, 0.05) is 23.5 Å². The number of amides is 1. The average molecular weight is 368 g/mol. The summed E-state index contributed by atoms with van der Waals surface area (Å²) in [5.74, 6) is -1.47. The predicted molar refractivity (Wildman–Crippen MR) is 95.8 cm³/mol. The quantitative estimate of drug-likeness (QED) is 0.345. The molecule has 1 amide bonds. The minimum absolute atomic E-state index is 0.0190. The van der Waals surface area contributed by atoms with E-state index < -0.39 is 11.6 Å². The highest BCUT2D eigenvalue weighted by atomic mass is 32.2. The molecule has 0 aliphatic carbocycles. The Bertz CT molecular complexity index is 596. The molecule has 8 heteroatoms. The number of carbonyl (C=O) groups is 3. The van der Waals surface area contributed by atoms with Crippen molar-refractivity contribution in [1.29, 1.82) is 0 Å². The Hall–Kier alpha value is -2.06. The first kappa shape index (κ1) is 21.0. The topological polar surface area (TPSA) is 105 Å². The van der Waals surface area contributed by atoms with Gasteiger partial charge in [-0.2, -0.15) is 0 Å². The molecular formula is C17H24N2O5S. The van der Waals surface area contributed by atoms with Crippen LogP contribution in [0.25, 0.3) is 0 Å². The van der Waals surface area contributed by atoms with Gasteiger partial charge in [-0.1, -0.05) is 0 Å². The highest BCUT2D eigenvalue weighted by molar-refractivity contribution is 8.00. The summed E-state index contributed by atoms with van der Waals surface area (Å²) in [5.41, 5.74) is -0.0196. The first-order valence-electron chi connectivity index (χ1n) is 7.83. The number of esters is 1. The molecule has 0 aromatic heterocycles. The van der Waals surface area contributed by atoms with E-state index in [1.54, 1.807) is 45.0 Å². The van der Waals surface area contributed by atoms with Crippen LogP contribution < -0.4 is 10.6 Å². The van der Waals surface area contributed by atoms with Gasteiger partial charge in [-0.15, -0.1) is 11.8 Å². The Balaban J connectivity index is 2.26. The summed E-state index contributed by atoms with van der Waals surface area (Å²) in [4.78, 5) is 34.8. The average Bonchev–Trinajstić information content (AvgIpc) is 2.51. The molecule has 0 saturated carbocycles. The van der Waals surface area contributed by atoms with Gasteiger partial charge in [-0.25, -0.2) is 0 Å². The number of carboxylic acid groups (broad SMARTS) is 1. The molecule has 0 aliphatic rings. The van der Waals surface area contributed by atoms with Crippen molar-refractivity contribution in [2.24, 2.45) is 0 Å². The van der Waals surface area contributed by atoms with Crippen LogP contribution >= 0.6 is 11.8 Å². The van der Waals surface area contributed by atoms with Crippen LogP contribution in [-0.4, -0.2) is 53.9 Å². The number of thioether (sulfide) groups is 1. The van der Waals surface area contributed by atoms with Crippen LogP contribution in [0.5, 0.6) is 0 Å². The highest BCUT2D eigenvalue weighted by Gasteiger charge is 2.15. The second-order valence-corrected chi connectivity index (χ2v) is 7.27. The molecule has 3 N–H and O–H groups in total. The van der Waals surface area contributed by atoms with E-state index in [2.05, 4.69) is 10.6 Å². The standard InChI is InChI=1S/C17H24N2O5S/c1-17(2,3)24-15(22)10-18-8-9-19-16(23)12-4-6-13(7-5-12)25-11-14(20)21/h4-7,18H,8-11H2,1-3H3,(H,19,23)(H,20,21). The lowest BCUT2D eigenvalue weighted by atomic mass is 10.2. The van der Waals surface area contributed by atoms with Crippen molar-refractivity contribution >= 4 is 29.6 Å². The maximum absolute atomic E-state index is 12.0. The Kier molecular flexibility index (Phi) is 8.44. The summed E-state index contributed by atoms with van der Waals surface area (Å²) in [7, 11) is 0. The number of ether oxygens (including phenoxy) is 1. The van der Waals surface area contributed by atoms with E-state index in [4.69, 9.17) is 9.84 Å². The van der Waals surface area contributed by atoms with Crippen molar-refractivity contribution in [2.75, 3.05) is 25.4 Å². The minimum atomic E-state index is -0.884. The molecule has 25 heavy (non-hydrogen) atoms. The monoisotopic (exact) mass is 368 g/mol. The van der Waals surface area contributed by atoms with Gasteiger partial charge >= 0.3 is 11.9 Å². The van der Waals surface area contributed by atoms with Crippen LogP contribution in [-0.2, 0) is 14.3 Å². The Labute approximate surface area is 151 Å². The SMILES string of the molecule is CC(C)(C)OC(=O)CNCCNC(=O)c1ccc(SCC(=O)O)cc1. The fourth-order valence-corrected chi connectivity index (χ4v) is 2.40. The summed E-state index contributed by atoms with van der Waals surface area (Å²) in [6.45, 7) is 6.31. The highest BCUT2D eigenvalue weighted by Crippen LogP contribution is 2.18. The second-order valence-electron chi connectivity index (χ2n) is 6.23. The fourth-order valence-electron chi connectivity index (χ4n) is 1.78. The van der Waals surface area contributed by atoms with Crippen LogP contribution in [0, 0.1) is 0 Å². The van der Waals surface area contributed by atoms with E-state index in [0.29, 0.717) is 18.7 Å². The molecule has 0 heterocycles. The van der Waals surface area contributed by atoms with Crippen LogP contribution in [0.4, 0.5) is 0 Å². The van der Waals surface area contributed by atoms with E-state index in [0.717, 1.165) is 4.90 Å². The molecule has 0 unspecified atom stereocenters. The maximum Gasteiger partial charge on any atom is 0.320 e. The van der Waals surface area contributed by atoms with E-state index in [1.807, 2.05) is 0 Å². The fraction of sp³-hybridized carbons (Fsp3) is 0.471. The van der Waals surface area contributed by atoms with Gasteiger partial charge in [0.05, 0.1) is 12.3 Å². The van der Waals surface area contributed by atoms with Crippen molar-refractivity contribution in [3.63, 3.8) is 0 Å². The van der Waals surface area contributed by atoms with Gasteiger partial charge < -0.3 is 20.5 Å². The van der Waals surface area contributed by atoms with Gasteiger partial charge in [-0.3, -0.25) is 14.4 Å². The predicted octanol–water partition coefficient (Wildman–Crippen LogP) is 1.52. The third kappa shape index (κ3) is 9.73. The second kappa shape index (κ2) is 10.0. The first-order chi connectivity index (χ1) is 11.7. The van der Waals surface area contributed by atoms with Gasteiger partial charge in [0.1, 0.15) is 5.60 Å². The van der Waals surface area contributed by atoms with E-state index >= 15 is 0 Å². The molecular weight excluding hydrogens is 344 g/mol. The summed E-state index contributed by atoms with van der Waals surface area (Å²) in [6.07, 6.45) is 0. The molecule has 0 aliphatic heterocycles. The van der Waals surface area contributed by atoms with Crippen LogP contribution in [0.3, 0.4) is 0 Å². The summed E-state index contributed by atoms with van der Waals surface area (Å²) >= 11 is 1.19. The van der Waals surface area contributed by atoms with Crippen molar-refractivity contribution in [1.82, 2.24) is 10.6 Å². The molecule has 138 valence electrons. The van der Waals surface area contributed by atoms with E-state index in [1.165, 1.54) is 11.8 Å². The molecule has 0 radical (unpaired) electrons. The number of carboxylic acids is 1. The zero-order valence-corrected chi connectivity index (χ0v) is 15.4. The number of carbonyl (C=O) groups excluding carboxylic acids is 2. The molecule has 0 atom stereocenters. The van der Waals surface area contributed by atoms with Crippen LogP contribution in [0.1, 0.15) is 31.1 Å². The third-order valence-electron chi connectivity index (χ3n) is 2.76. The maximum atomic E-state index is 12.0. The van der Waals surface area contributed by atoms with Crippen LogP contribution in [0.2, 0.25) is 0 Å². The summed E-state index contributed by atoms with van der Waals surface area (Å²) in [5, 5.41) is 14.3. The van der Waals surface area contributed by atoms with Crippen molar-refractivity contribution in [3.8, 4) is 0 Å². The minimum Gasteiger partial charge on any atom is -0.481 e. The molecule has 1 aromatic carbocycles. The lowest BCUT2D eigenvalue weighted by Crippen LogP contribution is -2.36. The lowest BCUT2D eigenvalue weighted by molar-refractivity contribution is -0.153. The molecule has 1 aromatic rings. The number of hydrogen-bond donors (Lipinski definition) is 3. The Morgan fingerprint density at radius 3 is 2.32 bits per heavy atom. The number of nitrogens with one attached hydrogen (secondary N) is 2. The summed E-state index contributed by atoms with van der Waals surface area (Å²) < 4.78 is 5.15. The smallest absolute Gasteiger partial charge is 0.320 e. The molecule has 0 spiro atoms. The van der Waals surface area contributed by atoms with Crippen LogP contribution in [0.15, 0.2) is 29.2 Å². The zero-order chi connectivity index (χ0) is 18.9.